The lowest BCUT2D eigenvalue weighted by Crippen LogP contribution is -2.62. The number of hydroxylamine groups is 2. The minimum absolute atomic E-state index is 0.0197. The number of para-hydroxylation sites is 1. The molecule has 0 spiro atoms. The molecule has 4 aliphatic rings. The maximum Gasteiger partial charge on any atom is 0.260 e. The normalized spacial score (nSPS) is 25.9. The molecule has 8 atom stereocenters. The summed E-state index contributed by atoms with van der Waals surface area (Å²) < 4.78 is 6.06. The summed E-state index contributed by atoms with van der Waals surface area (Å²) in [5.41, 5.74) is 4.69. The molecule has 0 aromatic heterocycles. The van der Waals surface area contributed by atoms with Gasteiger partial charge in [0.25, 0.3) is 5.91 Å². The van der Waals surface area contributed by atoms with Crippen LogP contribution in [0.2, 0.25) is 0 Å². The maximum atomic E-state index is 14.3. The third kappa shape index (κ3) is 8.23. The molecule has 3 N–H and O–H groups in total. The zero-order valence-corrected chi connectivity index (χ0v) is 34.2. The molecule has 3 amide bonds. The van der Waals surface area contributed by atoms with E-state index >= 15 is 0 Å². The van der Waals surface area contributed by atoms with Crippen LogP contribution < -0.4 is 15.0 Å². The first kappa shape index (κ1) is 41.3. The van der Waals surface area contributed by atoms with Crippen LogP contribution in [0.15, 0.2) is 66.7 Å². The van der Waals surface area contributed by atoms with Crippen LogP contribution in [0.1, 0.15) is 74.9 Å². The number of methoxy groups -OCH3 is 1. The number of anilines is 1. The van der Waals surface area contributed by atoms with E-state index in [1.54, 1.807) is 31.2 Å². The molecule has 11 heteroatoms. The van der Waals surface area contributed by atoms with Crippen molar-refractivity contribution in [3.8, 4) is 16.9 Å². The highest BCUT2D eigenvalue weighted by Gasteiger charge is 2.57. The van der Waals surface area contributed by atoms with E-state index in [1.165, 1.54) is 18.4 Å². The Kier molecular flexibility index (Phi) is 12.6. The molecule has 1 aliphatic heterocycles. The number of hydrogen-bond donors (Lipinski definition) is 3. The molecule has 1 saturated heterocycles. The third-order valence-corrected chi connectivity index (χ3v) is 13.1. The molecule has 4 fully saturated rings. The summed E-state index contributed by atoms with van der Waals surface area (Å²) in [6.07, 6.45) is 2.03. The number of amides is 3. The van der Waals surface area contributed by atoms with E-state index in [-0.39, 0.29) is 42.8 Å². The Balaban J connectivity index is 1.25. The van der Waals surface area contributed by atoms with Crippen molar-refractivity contribution in [2.75, 3.05) is 39.8 Å². The number of carbonyl (C=O) groups is 3. The number of ether oxygens (including phenoxy) is 1. The summed E-state index contributed by atoms with van der Waals surface area (Å²) in [5, 5.41) is 26.2. The van der Waals surface area contributed by atoms with Crippen molar-refractivity contribution >= 4 is 23.4 Å². The first-order valence-corrected chi connectivity index (χ1v) is 20.0. The van der Waals surface area contributed by atoms with Gasteiger partial charge in [-0.1, -0.05) is 69.3 Å². The molecule has 3 saturated carbocycles. The number of aliphatic hydroxyl groups is 2. The fourth-order valence-electron chi connectivity index (χ4n) is 9.54. The van der Waals surface area contributed by atoms with Crippen molar-refractivity contribution in [2.45, 2.75) is 90.6 Å². The number of carbonyl (C=O) groups excluding carboxylic acids is 3. The molecule has 3 aliphatic carbocycles. The monoisotopic (exact) mass is 768 g/mol. The lowest BCUT2D eigenvalue weighted by Gasteiger charge is -2.62. The van der Waals surface area contributed by atoms with Gasteiger partial charge in [-0.3, -0.25) is 24.1 Å². The summed E-state index contributed by atoms with van der Waals surface area (Å²) in [5.74, 6) is 0.405. The van der Waals surface area contributed by atoms with Crippen LogP contribution in [-0.2, 0) is 27.4 Å². The van der Waals surface area contributed by atoms with Crippen molar-refractivity contribution < 1.29 is 34.2 Å². The van der Waals surface area contributed by atoms with Crippen LogP contribution >= 0.6 is 0 Å². The number of imide groups is 1. The fourth-order valence-corrected chi connectivity index (χ4v) is 9.54. The van der Waals surface area contributed by atoms with Gasteiger partial charge in [0.1, 0.15) is 17.9 Å². The number of benzene rings is 3. The molecule has 302 valence electrons. The smallest absolute Gasteiger partial charge is 0.260 e. The molecule has 0 unspecified atom stereocenters. The van der Waals surface area contributed by atoms with Gasteiger partial charge in [-0.25, -0.2) is 0 Å². The Labute approximate surface area is 331 Å². The van der Waals surface area contributed by atoms with Gasteiger partial charge in [0.2, 0.25) is 11.8 Å². The van der Waals surface area contributed by atoms with Crippen LogP contribution in [0.25, 0.3) is 11.1 Å². The summed E-state index contributed by atoms with van der Waals surface area (Å²) >= 11 is 0. The van der Waals surface area contributed by atoms with Crippen LogP contribution in [0.5, 0.6) is 5.75 Å². The Morgan fingerprint density at radius 2 is 1.77 bits per heavy atom. The van der Waals surface area contributed by atoms with E-state index in [9.17, 15) is 24.6 Å². The lowest BCUT2D eigenvalue weighted by atomic mass is 9.45. The van der Waals surface area contributed by atoms with Gasteiger partial charge in [0.15, 0.2) is 0 Å². The summed E-state index contributed by atoms with van der Waals surface area (Å²) in [6.45, 7) is 8.29. The number of fused-ring (bicyclic) bond motifs is 2. The highest BCUT2D eigenvalue weighted by atomic mass is 16.7. The molecular formula is C45H60N4O7. The number of hydrogen-bond acceptors (Lipinski definition) is 9. The van der Waals surface area contributed by atoms with Crippen LogP contribution in [0.3, 0.4) is 0 Å². The summed E-state index contributed by atoms with van der Waals surface area (Å²) in [7, 11) is 6.89. The van der Waals surface area contributed by atoms with Crippen molar-refractivity contribution in [3.05, 3.63) is 83.4 Å². The van der Waals surface area contributed by atoms with Gasteiger partial charge < -0.3 is 25.2 Å². The average molecular weight is 769 g/mol. The van der Waals surface area contributed by atoms with Crippen LogP contribution in [0, 0.1) is 29.1 Å². The van der Waals surface area contributed by atoms with Crippen molar-refractivity contribution in [3.63, 3.8) is 0 Å². The topological polar surface area (TPSA) is 132 Å². The minimum atomic E-state index is -0.921. The van der Waals surface area contributed by atoms with E-state index < -0.39 is 30.1 Å². The standard InChI is InChI=1S/C45H60N4O7/c1-27-36-23-33(45(36,3)4)24-37(27)46-43(53)41-40(28(2)51)38(26-50)56-49(41)25-30-17-13-18-35(42(30)55-8)31-20-32(22-34(21-31)47(5)6)44(54)48(7)39(52)19-12-16-29-14-10-9-11-15-29/h9-11,13-15,17-18,20-22,27-28,33,36-38,40-41,50-51H,12,16,19,23-26H2,1-8H3,(H,46,53)/t27-,28-,33+,36-,37-,38-,40+,41-/m0/s1. The van der Waals surface area contributed by atoms with Crippen LogP contribution in [0.4, 0.5) is 5.69 Å². The number of rotatable bonds is 14. The number of nitrogens with zero attached hydrogens (tertiary/aromatic N) is 3. The van der Waals surface area contributed by atoms with Gasteiger partial charge in [-0.05, 0) is 85.1 Å². The molecule has 56 heavy (non-hydrogen) atoms. The quantitative estimate of drug-likeness (QED) is 0.189. The first-order chi connectivity index (χ1) is 26.7. The molecule has 2 bridgehead atoms. The molecule has 11 nitrogen and oxygen atoms in total. The molecule has 3 aromatic rings. The number of nitrogens with one attached hydrogen (secondary N) is 1. The Morgan fingerprint density at radius 1 is 1.04 bits per heavy atom. The molecule has 0 radical (unpaired) electrons. The molecule has 7 rings (SSSR count). The second-order valence-electron chi connectivity index (χ2n) is 17.0. The Hall–Kier alpha value is -4.29. The third-order valence-electron chi connectivity index (χ3n) is 13.1. The predicted molar refractivity (Wildman–Crippen MR) is 217 cm³/mol. The first-order valence-electron chi connectivity index (χ1n) is 20.0. The number of aliphatic hydroxyl groups excluding tert-OH is 2. The zero-order chi connectivity index (χ0) is 40.5. The predicted octanol–water partition coefficient (Wildman–Crippen LogP) is 5.71. The molecular weight excluding hydrogens is 709 g/mol. The largest absolute Gasteiger partial charge is 0.496 e. The lowest BCUT2D eigenvalue weighted by molar-refractivity contribution is -0.183. The van der Waals surface area contributed by atoms with Crippen molar-refractivity contribution in [1.29, 1.82) is 0 Å². The van der Waals surface area contributed by atoms with Gasteiger partial charge in [-0.15, -0.1) is 0 Å². The highest BCUT2D eigenvalue weighted by molar-refractivity contribution is 6.05. The van der Waals surface area contributed by atoms with E-state index in [4.69, 9.17) is 9.57 Å². The summed E-state index contributed by atoms with van der Waals surface area (Å²) in [6, 6.07) is 20.3. The Morgan fingerprint density at radius 3 is 2.39 bits per heavy atom. The van der Waals surface area contributed by atoms with Gasteiger partial charge in [-0.2, -0.15) is 5.06 Å². The van der Waals surface area contributed by atoms with E-state index in [0.29, 0.717) is 52.2 Å². The van der Waals surface area contributed by atoms with E-state index in [0.717, 1.165) is 24.1 Å². The highest BCUT2D eigenvalue weighted by Crippen LogP contribution is 2.61. The van der Waals surface area contributed by atoms with E-state index in [1.807, 2.05) is 73.6 Å². The van der Waals surface area contributed by atoms with Gasteiger partial charge in [0, 0.05) is 61.9 Å². The minimum Gasteiger partial charge on any atom is -0.496 e. The molecule has 1 heterocycles. The van der Waals surface area contributed by atoms with Gasteiger partial charge >= 0.3 is 0 Å². The van der Waals surface area contributed by atoms with Gasteiger partial charge in [0.05, 0.1) is 26.4 Å². The second-order valence-corrected chi connectivity index (χ2v) is 17.0. The maximum absolute atomic E-state index is 14.3. The van der Waals surface area contributed by atoms with E-state index in [2.05, 4.69) is 26.1 Å². The summed E-state index contributed by atoms with van der Waals surface area (Å²) in [4.78, 5) is 50.7. The van der Waals surface area contributed by atoms with Crippen LogP contribution in [-0.4, -0.2) is 97.0 Å². The number of aryl methyl sites for hydroxylation is 1. The second kappa shape index (κ2) is 17.1. The SMILES string of the molecule is COc1c(CN2O[C@@H](CO)[C@@H]([C@H](C)O)[C@H]2C(=O)N[C@H]2C[C@H]3C[C@@H]([C@@H]2C)C3(C)C)cccc1-c1cc(C(=O)N(C)C(=O)CCCc2ccccc2)cc(N(C)C)c1. The van der Waals surface area contributed by atoms with Crippen molar-refractivity contribution in [2.24, 2.45) is 29.1 Å². The zero-order valence-electron chi connectivity index (χ0n) is 34.2. The molecule has 3 aromatic carbocycles. The fraction of sp³-hybridized carbons (Fsp3) is 0.533. The Bertz CT molecular complexity index is 1880. The van der Waals surface area contributed by atoms with Crippen molar-refractivity contribution in [1.82, 2.24) is 15.3 Å². The average Bonchev–Trinajstić information content (AvgIpc) is 3.56.